The zero-order valence-electron chi connectivity index (χ0n) is 12.0. The average Bonchev–Trinajstić information content (AvgIpc) is 2.34. The first-order valence-electron chi connectivity index (χ1n) is 6.10. The number of ether oxygens (including phenoxy) is 1. The van der Waals surface area contributed by atoms with Crippen LogP contribution in [-0.2, 0) is 19.1 Å². The van der Waals surface area contributed by atoms with Gasteiger partial charge >= 0.3 is 5.97 Å². The topological polar surface area (TPSA) is 63.7 Å². The quantitative estimate of drug-likeness (QED) is 0.627. The lowest BCUT2D eigenvalue weighted by molar-refractivity contribution is -0.140. The van der Waals surface area contributed by atoms with Gasteiger partial charge < -0.3 is 4.74 Å². The Morgan fingerprint density at radius 3 is 1.80 bits per heavy atom. The van der Waals surface area contributed by atoms with Crippen molar-refractivity contribution < 1.29 is 19.1 Å². The molecule has 106 valence electrons. The molecule has 0 aliphatic carbocycles. The normalized spacial score (nSPS) is 11.4. The number of benzene rings is 1. The van der Waals surface area contributed by atoms with E-state index >= 15 is 0 Å². The molecule has 1 aromatic carbocycles. The molecule has 0 N–H and O–H groups in total. The Balaban J connectivity index is 3.45. The van der Waals surface area contributed by atoms with Crippen LogP contribution in [-0.4, -0.2) is 22.7 Å². The van der Waals surface area contributed by atoms with Crippen LogP contribution in [0.4, 0.5) is 0 Å². The zero-order chi connectivity index (χ0) is 15.3. The molecular weight excluding hydrogens is 258 g/mol. The highest BCUT2D eigenvalue weighted by Crippen LogP contribution is 2.24. The summed E-state index contributed by atoms with van der Waals surface area (Å²) in [5.41, 5.74) is 0.900. The van der Waals surface area contributed by atoms with Crippen LogP contribution in [0.1, 0.15) is 33.3 Å². The lowest BCUT2D eigenvalue weighted by Gasteiger charge is -2.23. The molecule has 5 heteroatoms. The van der Waals surface area contributed by atoms with E-state index in [4.69, 9.17) is 4.74 Å². The molecule has 0 fully saturated rings. The lowest BCUT2D eigenvalue weighted by Crippen LogP contribution is -2.32. The number of nitrogens with zero attached hydrogens (tertiary/aromatic N) is 1. The van der Waals surface area contributed by atoms with Crippen molar-refractivity contribution in [2.45, 2.75) is 27.7 Å². The van der Waals surface area contributed by atoms with E-state index in [1.807, 2.05) is 6.07 Å². The smallest absolute Gasteiger partial charge is 0.307 e. The molecule has 1 aromatic rings. The van der Waals surface area contributed by atoms with E-state index < -0.39 is 17.8 Å². The predicted molar refractivity (Wildman–Crippen MR) is 74.0 cm³/mol. The third kappa shape index (κ3) is 3.78. The Morgan fingerprint density at radius 2 is 1.40 bits per heavy atom. The highest BCUT2D eigenvalue weighted by atomic mass is 16.5. The van der Waals surface area contributed by atoms with Gasteiger partial charge in [-0.15, -0.1) is 0 Å². The van der Waals surface area contributed by atoms with E-state index in [0.29, 0.717) is 5.56 Å². The Kier molecular flexibility index (Phi) is 5.20. The van der Waals surface area contributed by atoms with Gasteiger partial charge in [0.1, 0.15) is 5.76 Å². The first kappa shape index (κ1) is 15.6. The molecule has 0 unspecified atom stereocenters. The predicted octanol–water partition coefficient (Wildman–Crippen LogP) is 2.33. The summed E-state index contributed by atoms with van der Waals surface area (Å²) in [4.78, 5) is 35.5. The second-order valence-electron chi connectivity index (χ2n) is 4.24. The summed E-state index contributed by atoms with van der Waals surface area (Å²) in [7, 11) is 0. The van der Waals surface area contributed by atoms with Crippen molar-refractivity contribution in [3.8, 4) is 0 Å². The van der Waals surface area contributed by atoms with Gasteiger partial charge in [0, 0.05) is 26.3 Å². The molecule has 0 radical (unpaired) electrons. The second kappa shape index (κ2) is 6.65. The number of carbonyl (C=O) groups is 3. The van der Waals surface area contributed by atoms with Crippen molar-refractivity contribution in [3.63, 3.8) is 0 Å². The van der Waals surface area contributed by atoms with Gasteiger partial charge in [-0.2, -0.15) is 0 Å². The van der Waals surface area contributed by atoms with Gasteiger partial charge in [-0.3, -0.25) is 14.4 Å². The average molecular weight is 275 g/mol. The Bertz CT molecular complexity index is 546. The summed E-state index contributed by atoms with van der Waals surface area (Å²) in [6.45, 7) is 5.37. The van der Waals surface area contributed by atoms with Crippen LogP contribution in [0.5, 0.6) is 0 Å². The number of rotatable bonds is 3. The highest BCUT2D eigenvalue weighted by molar-refractivity contribution is 6.02. The van der Waals surface area contributed by atoms with Crippen molar-refractivity contribution in [3.05, 3.63) is 41.7 Å². The molecule has 0 saturated heterocycles. The molecule has 1 rings (SSSR count). The fraction of sp³-hybridized carbons (Fsp3) is 0.267. The van der Waals surface area contributed by atoms with Crippen molar-refractivity contribution >= 4 is 23.5 Å². The summed E-state index contributed by atoms with van der Waals surface area (Å²) < 4.78 is 5.04. The van der Waals surface area contributed by atoms with Crippen LogP contribution in [0.3, 0.4) is 0 Å². The van der Waals surface area contributed by atoms with E-state index in [1.54, 1.807) is 31.2 Å². The van der Waals surface area contributed by atoms with Crippen molar-refractivity contribution in [1.82, 2.24) is 4.90 Å². The molecule has 0 aliphatic heterocycles. The number of esters is 1. The van der Waals surface area contributed by atoms with Gasteiger partial charge in [0.2, 0.25) is 11.8 Å². The van der Waals surface area contributed by atoms with Gasteiger partial charge in [0.05, 0.1) is 5.70 Å². The van der Waals surface area contributed by atoms with E-state index in [1.165, 1.54) is 20.8 Å². The van der Waals surface area contributed by atoms with E-state index in [0.717, 1.165) is 4.90 Å². The summed E-state index contributed by atoms with van der Waals surface area (Å²) in [5, 5.41) is 0. The number of allylic oxidation sites excluding steroid dienone is 1. The molecule has 2 amide bonds. The van der Waals surface area contributed by atoms with Crippen molar-refractivity contribution in [1.29, 1.82) is 0 Å². The minimum atomic E-state index is -0.511. The molecule has 0 aromatic heterocycles. The largest absolute Gasteiger partial charge is 0.429 e. The fourth-order valence-corrected chi connectivity index (χ4v) is 1.89. The summed E-state index contributed by atoms with van der Waals surface area (Å²) >= 11 is 0. The molecule has 0 saturated carbocycles. The van der Waals surface area contributed by atoms with Gasteiger partial charge in [0.25, 0.3) is 0 Å². The molecular formula is C15H17NO4. The number of imide groups is 1. The van der Waals surface area contributed by atoms with Gasteiger partial charge in [-0.25, -0.2) is 4.90 Å². The van der Waals surface area contributed by atoms with Gasteiger partial charge in [-0.05, 0) is 6.92 Å². The second-order valence-corrected chi connectivity index (χ2v) is 4.24. The molecule has 0 spiro atoms. The third-order valence-corrected chi connectivity index (χ3v) is 2.53. The van der Waals surface area contributed by atoms with Crippen LogP contribution in [0.2, 0.25) is 0 Å². The molecule has 20 heavy (non-hydrogen) atoms. The standard InChI is InChI=1S/C15H17NO4/c1-10(20-13(4)19)15(14-8-6-5-7-9-14)16(11(2)17)12(3)18/h5-9H,1-4H3/b15-10-. The van der Waals surface area contributed by atoms with Crippen LogP contribution >= 0.6 is 0 Å². The lowest BCUT2D eigenvalue weighted by atomic mass is 10.1. The minimum absolute atomic E-state index is 0.203. The maximum absolute atomic E-state index is 11.7. The van der Waals surface area contributed by atoms with Crippen molar-refractivity contribution in [2.75, 3.05) is 0 Å². The number of hydrogen-bond donors (Lipinski definition) is 0. The van der Waals surface area contributed by atoms with Crippen LogP contribution < -0.4 is 0 Å². The maximum Gasteiger partial charge on any atom is 0.307 e. The molecule has 0 heterocycles. The molecule has 0 bridgehead atoms. The molecule has 5 nitrogen and oxygen atoms in total. The fourth-order valence-electron chi connectivity index (χ4n) is 1.89. The molecule has 0 atom stereocenters. The summed E-state index contributed by atoms with van der Waals surface area (Å²) in [6.07, 6.45) is 0. The minimum Gasteiger partial charge on any atom is -0.429 e. The van der Waals surface area contributed by atoms with Crippen LogP contribution in [0.15, 0.2) is 36.1 Å². The Morgan fingerprint density at radius 1 is 0.900 bits per heavy atom. The monoisotopic (exact) mass is 275 g/mol. The van der Waals surface area contributed by atoms with Crippen LogP contribution in [0.25, 0.3) is 5.70 Å². The first-order valence-corrected chi connectivity index (χ1v) is 6.10. The Hall–Kier alpha value is -2.43. The Labute approximate surface area is 117 Å². The third-order valence-electron chi connectivity index (χ3n) is 2.53. The summed E-state index contributed by atoms with van der Waals surface area (Å²) in [5.74, 6) is -1.19. The van der Waals surface area contributed by atoms with E-state index in [2.05, 4.69) is 0 Å². The van der Waals surface area contributed by atoms with Gasteiger partial charge in [0.15, 0.2) is 0 Å². The number of carbonyl (C=O) groups excluding carboxylic acids is 3. The number of amides is 2. The summed E-state index contributed by atoms with van der Waals surface area (Å²) in [6, 6.07) is 8.83. The van der Waals surface area contributed by atoms with Crippen LogP contribution in [0, 0.1) is 0 Å². The van der Waals surface area contributed by atoms with E-state index in [-0.39, 0.29) is 11.5 Å². The van der Waals surface area contributed by atoms with E-state index in [9.17, 15) is 14.4 Å². The van der Waals surface area contributed by atoms with Crippen molar-refractivity contribution in [2.24, 2.45) is 0 Å². The van der Waals surface area contributed by atoms with Gasteiger partial charge in [-0.1, -0.05) is 30.3 Å². The highest BCUT2D eigenvalue weighted by Gasteiger charge is 2.24. The number of hydrogen-bond acceptors (Lipinski definition) is 4. The maximum atomic E-state index is 11.7. The molecule has 0 aliphatic rings. The SMILES string of the molecule is CC(=O)O/C(C)=C(/c1ccccc1)N(C(C)=O)C(C)=O. The zero-order valence-corrected chi connectivity index (χ0v) is 12.0. The first-order chi connectivity index (χ1) is 9.34.